The number of fused-ring (bicyclic) bond motifs is 1. The number of carbonyl (C=O) groups excluding carboxylic acids is 1. The zero-order valence-electron chi connectivity index (χ0n) is 21.7. The van der Waals surface area contributed by atoms with Gasteiger partial charge in [0.2, 0.25) is 5.91 Å². The summed E-state index contributed by atoms with van der Waals surface area (Å²) in [5.41, 5.74) is 0.572. The highest BCUT2D eigenvalue weighted by Gasteiger charge is 2.34. The third-order valence-corrected chi connectivity index (χ3v) is 8.19. The molecule has 216 valence electrons. The zero-order chi connectivity index (χ0) is 30.2. The molecule has 13 heteroatoms. The summed E-state index contributed by atoms with van der Waals surface area (Å²) in [4.78, 5) is 40.3. The summed E-state index contributed by atoms with van der Waals surface area (Å²) in [5.74, 6) is -0.262. The van der Waals surface area contributed by atoms with Gasteiger partial charge in [0.25, 0.3) is 0 Å². The number of H-pyrrole nitrogens is 1. The number of hydrogen-bond acceptors (Lipinski definition) is 6. The number of alkyl halides is 3. The Labute approximate surface area is 259 Å². The summed E-state index contributed by atoms with van der Waals surface area (Å²) >= 11 is 8.89. The smallest absolute Gasteiger partial charge is 0.418 e. The normalized spacial score (nSPS) is 11.7. The number of rotatable bonds is 7. The zero-order valence-corrected chi connectivity index (χ0v) is 25.4. The number of carbonyl (C=O) groups is 1. The predicted octanol–water partition coefficient (Wildman–Crippen LogP) is 7.16. The molecular weight excluding hydrogens is 706 g/mol. The fourth-order valence-electron chi connectivity index (χ4n) is 4.59. The Morgan fingerprint density at radius 1 is 1.12 bits per heavy atom. The van der Waals surface area contributed by atoms with Crippen LogP contribution in [0, 0.1) is 10.5 Å². The van der Waals surface area contributed by atoms with Crippen molar-refractivity contribution in [1.29, 1.82) is 0 Å². The average Bonchev–Trinajstić information content (AvgIpc) is 3.34. The van der Waals surface area contributed by atoms with Gasteiger partial charge in [0.1, 0.15) is 11.4 Å². The van der Waals surface area contributed by atoms with Crippen LogP contribution in [0.4, 0.5) is 18.9 Å². The number of nitrogens with one attached hydrogen (secondary N) is 2. The topological polar surface area (TPSA) is 105 Å². The summed E-state index contributed by atoms with van der Waals surface area (Å²) in [6, 6.07) is 14.1. The van der Waals surface area contributed by atoms with E-state index in [-0.39, 0.29) is 16.0 Å². The van der Waals surface area contributed by atoms with E-state index in [4.69, 9.17) is 16.0 Å². The second kappa shape index (κ2) is 12.0. The molecule has 0 aliphatic rings. The van der Waals surface area contributed by atoms with Gasteiger partial charge in [-0.2, -0.15) is 17.5 Å². The molecule has 0 aliphatic heterocycles. The van der Waals surface area contributed by atoms with E-state index in [0.717, 1.165) is 23.2 Å². The number of aryl methyl sites for hydroxylation is 3. The van der Waals surface area contributed by atoms with Crippen molar-refractivity contribution in [2.45, 2.75) is 32.4 Å². The molecule has 0 atom stereocenters. The van der Waals surface area contributed by atoms with Crippen molar-refractivity contribution in [2.24, 2.45) is 0 Å². The van der Waals surface area contributed by atoms with Gasteiger partial charge in [-0.3, -0.25) is 14.6 Å². The van der Waals surface area contributed by atoms with Crippen LogP contribution < -0.4 is 15.8 Å². The van der Waals surface area contributed by atoms with Crippen molar-refractivity contribution < 1.29 is 22.4 Å². The molecule has 3 aromatic carbocycles. The van der Waals surface area contributed by atoms with Crippen LogP contribution in [0.25, 0.3) is 22.1 Å². The summed E-state index contributed by atoms with van der Waals surface area (Å²) in [7, 11) is 0. The molecule has 2 N–H and O–H groups in total. The van der Waals surface area contributed by atoms with Gasteiger partial charge in [0.05, 0.1) is 23.2 Å². The third kappa shape index (κ3) is 6.60. The molecule has 2 heterocycles. The van der Waals surface area contributed by atoms with E-state index in [1.807, 2.05) is 12.1 Å². The fraction of sp³-hybridized carbons (Fsp3) is 0.172. The first-order valence-electron chi connectivity index (χ1n) is 12.5. The molecule has 0 bridgehead atoms. The molecule has 2 aromatic heterocycles. The number of nitrogens with zero attached hydrogens (tertiary/aromatic N) is 1. The molecule has 42 heavy (non-hydrogen) atoms. The molecule has 0 spiro atoms. The van der Waals surface area contributed by atoms with E-state index in [1.54, 1.807) is 47.7 Å². The molecule has 0 saturated heterocycles. The van der Waals surface area contributed by atoms with E-state index in [2.05, 4.69) is 14.7 Å². The molecule has 5 aromatic rings. The maximum Gasteiger partial charge on any atom is 0.418 e. The van der Waals surface area contributed by atoms with Gasteiger partial charge < -0.3 is 9.73 Å². The van der Waals surface area contributed by atoms with Crippen LogP contribution in [0.2, 0.25) is 5.02 Å². The van der Waals surface area contributed by atoms with Crippen LogP contribution >= 0.6 is 45.7 Å². The van der Waals surface area contributed by atoms with Crippen LogP contribution in [0.3, 0.4) is 0 Å². The summed E-state index contributed by atoms with van der Waals surface area (Å²) in [6.45, 7) is 1.78. The second-order valence-electron chi connectivity index (χ2n) is 9.50. The summed E-state index contributed by atoms with van der Waals surface area (Å²) in [6.07, 6.45) is -4.23. The van der Waals surface area contributed by atoms with Crippen LogP contribution in [0.1, 0.15) is 28.1 Å². The maximum atomic E-state index is 13.7. The van der Waals surface area contributed by atoms with Gasteiger partial charge >= 0.3 is 16.7 Å². The highest BCUT2D eigenvalue weighted by molar-refractivity contribution is 14.1. The number of benzene rings is 3. The van der Waals surface area contributed by atoms with Crippen LogP contribution in [0.15, 0.2) is 68.6 Å². The van der Waals surface area contributed by atoms with Gasteiger partial charge in [-0.1, -0.05) is 35.9 Å². The van der Waals surface area contributed by atoms with Crippen molar-refractivity contribution in [2.75, 3.05) is 5.32 Å². The van der Waals surface area contributed by atoms with Crippen molar-refractivity contribution in [1.82, 2.24) is 9.36 Å². The average molecular weight is 726 g/mol. The SMILES string of the molecule is Cc1cc2c(-c3cccc(CCc4nsc(=O)[nH]4)c3)c(CC(=O)Nc3ccc(I)cc3C(F)(F)F)c(=O)oc2cc1Cl. The van der Waals surface area contributed by atoms with Gasteiger partial charge in [-0.05, 0) is 76.9 Å². The van der Waals surface area contributed by atoms with E-state index >= 15 is 0 Å². The van der Waals surface area contributed by atoms with Crippen LogP contribution in [0.5, 0.6) is 0 Å². The number of hydrogen-bond donors (Lipinski definition) is 2. The minimum atomic E-state index is -4.69. The molecule has 0 radical (unpaired) electrons. The van der Waals surface area contributed by atoms with Gasteiger partial charge in [0, 0.05) is 43.6 Å². The number of anilines is 1. The Bertz CT molecular complexity index is 1950. The Morgan fingerprint density at radius 3 is 2.62 bits per heavy atom. The maximum absolute atomic E-state index is 13.7. The Hall–Kier alpha value is -3.49. The Kier molecular flexibility index (Phi) is 8.58. The molecule has 7 nitrogen and oxygen atoms in total. The Morgan fingerprint density at radius 2 is 1.90 bits per heavy atom. The number of aromatic amines is 1. The van der Waals surface area contributed by atoms with E-state index < -0.39 is 35.4 Å². The molecule has 5 rings (SSSR count). The first-order valence-corrected chi connectivity index (χ1v) is 14.7. The molecule has 0 aliphatic carbocycles. The second-order valence-corrected chi connectivity index (χ2v) is 11.9. The summed E-state index contributed by atoms with van der Waals surface area (Å²) < 4.78 is 50.9. The quantitative estimate of drug-likeness (QED) is 0.137. The van der Waals surface area contributed by atoms with Gasteiger partial charge in [-0.25, -0.2) is 4.79 Å². The largest absolute Gasteiger partial charge is 0.422 e. The third-order valence-electron chi connectivity index (χ3n) is 6.53. The first kappa shape index (κ1) is 30.0. The lowest BCUT2D eigenvalue weighted by Crippen LogP contribution is -2.22. The van der Waals surface area contributed by atoms with Crippen molar-refractivity contribution in [3.05, 3.63) is 111 Å². The highest BCUT2D eigenvalue weighted by Crippen LogP contribution is 2.37. The molecule has 0 saturated carbocycles. The van der Waals surface area contributed by atoms with Gasteiger partial charge in [0.15, 0.2) is 0 Å². The monoisotopic (exact) mass is 725 g/mol. The van der Waals surface area contributed by atoms with E-state index in [0.29, 0.717) is 49.3 Å². The predicted molar refractivity (Wildman–Crippen MR) is 164 cm³/mol. The van der Waals surface area contributed by atoms with Crippen molar-refractivity contribution in [3.63, 3.8) is 0 Å². The first-order chi connectivity index (χ1) is 19.9. The van der Waals surface area contributed by atoms with Crippen molar-refractivity contribution in [3.8, 4) is 11.1 Å². The summed E-state index contributed by atoms with van der Waals surface area (Å²) in [5, 5.41) is 3.22. The number of halogens is 5. The lowest BCUT2D eigenvalue weighted by Gasteiger charge is -2.16. The number of aromatic nitrogens is 2. The van der Waals surface area contributed by atoms with E-state index in [9.17, 15) is 27.6 Å². The minimum Gasteiger partial charge on any atom is -0.422 e. The Balaban J connectivity index is 1.57. The molecule has 1 amide bonds. The molecular formula is C29H20ClF3IN3O4S. The van der Waals surface area contributed by atoms with Crippen LogP contribution in [-0.4, -0.2) is 15.3 Å². The van der Waals surface area contributed by atoms with Crippen molar-refractivity contribution >= 4 is 68.3 Å². The lowest BCUT2D eigenvalue weighted by atomic mass is 9.92. The minimum absolute atomic E-state index is 0.0122. The van der Waals surface area contributed by atoms with E-state index in [1.165, 1.54) is 18.2 Å². The fourth-order valence-corrected chi connectivity index (χ4v) is 5.73. The van der Waals surface area contributed by atoms with Crippen LogP contribution in [-0.2, 0) is 30.2 Å². The highest BCUT2D eigenvalue weighted by atomic mass is 127. The number of amides is 1. The standard InChI is InChI=1S/C29H20ClF3IN3O4S/c1-14-9-18-23(13-21(14)30)41-27(39)19(12-25(38)35-22-7-6-17(34)11-20(22)29(31,32)33)26(18)16-4-2-3-15(10-16)5-8-24-36-28(40)42-37-24/h2-4,6-7,9-11,13H,5,8,12H2,1H3,(H,35,38)(H,36,37,40). The molecule has 0 unspecified atom stereocenters. The molecule has 0 fully saturated rings. The lowest BCUT2D eigenvalue weighted by molar-refractivity contribution is -0.137. The van der Waals surface area contributed by atoms with Gasteiger partial charge in [-0.15, -0.1) is 0 Å².